The number of para-hydroxylation sites is 1. The zero-order valence-electron chi connectivity index (χ0n) is 8.49. The van der Waals surface area contributed by atoms with Gasteiger partial charge in [0.05, 0.1) is 0 Å². The van der Waals surface area contributed by atoms with Crippen LogP contribution in [0.15, 0.2) is 33.5 Å². The van der Waals surface area contributed by atoms with Crippen molar-refractivity contribution >= 4 is 11.0 Å². The Hall–Kier alpha value is -1.77. The maximum Gasteiger partial charge on any atom is 0.378 e. The average Bonchev–Trinajstić information content (AvgIpc) is 2.21. The summed E-state index contributed by atoms with van der Waals surface area (Å²) in [7, 11) is 0. The van der Waals surface area contributed by atoms with Crippen LogP contribution < -0.4 is 5.63 Å². The van der Waals surface area contributed by atoms with Crippen molar-refractivity contribution in [3.63, 3.8) is 0 Å². The van der Waals surface area contributed by atoms with E-state index in [1.807, 2.05) is 18.2 Å². The van der Waals surface area contributed by atoms with E-state index in [1.54, 1.807) is 0 Å². The van der Waals surface area contributed by atoms with E-state index in [0.29, 0.717) is 5.58 Å². The molecule has 0 radical (unpaired) electrons. The van der Waals surface area contributed by atoms with Crippen LogP contribution in [-0.2, 0) is 6.42 Å². The van der Waals surface area contributed by atoms with Gasteiger partial charge >= 0.3 is 5.63 Å². The van der Waals surface area contributed by atoms with E-state index in [4.69, 9.17) is 4.42 Å². The largest absolute Gasteiger partial charge is 0.502 e. The predicted molar refractivity (Wildman–Crippen MR) is 58.1 cm³/mol. The molecule has 3 heteroatoms. The number of rotatable bonds is 2. The number of fused-ring (bicyclic) bond motifs is 1. The Labute approximate surface area is 87.0 Å². The van der Waals surface area contributed by atoms with E-state index < -0.39 is 5.63 Å². The molecule has 1 N–H and O–H groups in total. The van der Waals surface area contributed by atoms with E-state index in [2.05, 4.69) is 6.92 Å². The predicted octanol–water partition coefficient (Wildman–Crippen LogP) is 2.45. The highest BCUT2D eigenvalue weighted by molar-refractivity contribution is 5.80. The van der Waals surface area contributed by atoms with Crippen LogP contribution in [0.5, 0.6) is 5.75 Å². The number of hydrogen-bond acceptors (Lipinski definition) is 3. The molecule has 0 aliphatic heterocycles. The number of aryl methyl sites for hydroxylation is 1. The molecule has 3 nitrogen and oxygen atoms in total. The maximum absolute atomic E-state index is 11.2. The highest BCUT2D eigenvalue weighted by Gasteiger charge is 2.06. The first kappa shape index (κ1) is 9.77. The van der Waals surface area contributed by atoms with Crippen LogP contribution in [0.25, 0.3) is 11.0 Å². The van der Waals surface area contributed by atoms with Gasteiger partial charge in [0, 0.05) is 5.39 Å². The molecule has 0 atom stereocenters. The Morgan fingerprint density at radius 2 is 2.20 bits per heavy atom. The fraction of sp³-hybridized carbons (Fsp3) is 0.250. The molecule has 0 saturated carbocycles. The van der Waals surface area contributed by atoms with Crippen molar-refractivity contribution in [3.05, 3.63) is 40.2 Å². The fourth-order valence-corrected chi connectivity index (χ4v) is 1.66. The molecular formula is C12H12O3. The Bertz CT molecular complexity index is 540. The minimum atomic E-state index is -0.675. The van der Waals surface area contributed by atoms with Crippen LogP contribution in [0.2, 0.25) is 0 Å². The topological polar surface area (TPSA) is 50.4 Å². The lowest BCUT2D eigenvalue weighted by atomic mass is 10.1. The second-order valence-electron chi connectivity index (χ2n) is 3.50. The van der Waals surface area contributed by atoms with Gasteiger partial charge in [-0.25, -0.2) is 4.79 Å². The summed E-state index contributed by atoms with van der Waals surface area (Å²) in [6, 6.07) is 7.09. The zero-order chi connectivity index (χ0) is 10.8. The van der Waals surface area contributed by atoms with Gasteiger partial charge in [-0.3, -0.25) is 0 Å². The SMILES string of the molecule is CCCc1cccc2cc(O)c(=O)oc12. The third-order valence-electron chi connectivity index (χ3n) is 2.34. The molecule has 1 aromatic heterocycles. The summed E-state index contributed by atoms with van der Waals surface area (Å²) >= 11 is 0. The zero-order valence-corrected chi connectivity index (χ0v) is 8.49. The lowest BCUT2D eigenvalue weighted by molar-refractivity contribution is 0.427. The Kier molecular flexibility index (Phi) is 2.46. The Morgan fingerprint density at radius 3 is 2.93 bits per heavy atom. The summed E-state index contributed by atoms with van der Waals surface area (Å²) in [6.07, 6.45) is 1.86. The molecule has 0 spiro atoms. The molecule has 0 amide bonds. The third-order valence-corrected chi connectivity index (χ3v) is 2.34. The molecule has 0 aliphatic carbocycles. The van der Waals surface area contributed by atoms with Gasteiger partial charge < -0.3 is 9.52 Å². The highest BCUT2D eigenvalue weighted by Crippen LogP contribution is 2.21. The first-order valence-electron chi connectivity index (χ1n) is 4.97. The van der Waals surface area contributed by atoms with Crippen LogP contribution in [0.1, 0.15) is 18.9 Å². The first-order chi connectivity index (χ1) is 7.22. The molecular weight excluding hydrogens is 192 g/mol. The van der Waals surface area contributed by atoms with E-state index in [1.165, 1.54) is 6.07 Å². The minimum Gasteiger partial charge on any atom is -0.502 e. The third kappa shape index (κ3) is 1.73. The van der Waals surface area contributed by atoms with Gasteiger partial charge in [-0.1, -0.05) is 31.5 Å². The van der Waals surface area contributed by atoms with Crippen LogP contribution in [0.4, 0.5) is 0 Å². The van der Waals surface area contributed by atoms with Gasteiger partial charge in [-0.15, -0.1) is 0 Å². The molecule has 2 aromatic rings. The average molecular weight is 204 g/mol. The van der Waals surface area contributed by atoms with Gasteiger partial charge in [0.25, 0.3) is 0 Å². The lowest BCUT2D eigenvalue weighted by Crippen LogP contribution is -1.98. The van der Waals surface area contributed by atoms with Crippen molar-refractivity contribution < 1.29 is 9.52 Å². The Morgan fingerprint density at radius 1 is 1.40 bits per heavy atom. The molecule has 0 unspecified atom stereocenters. The molecule has 15 heavy (non-hydrogen) atoms. The molecule has 2 rings (SSSR count). The maximum atomic E-state index is 11.2. The van der Waals surface area contributed by atoms with Crippen LogP contribution in [-0.4, -0.2) is 5.11 Å². The van der Waals surface area contributed by atoms with E-state index in [9.17, 15) is 9.90 Å². The highest BCUT2D eigenvalue weighted by atomic mass is 16.4. The van der Waals surface area contributed by atoms with Crippen LogP contribution in [0.3, 0.4) is 0 Å². The molecule has 0 fully saturated rings. The second kappa shape index (κ2) is 3.77. The van der Waals surface area contributed by atoms with Crippen molar-refractivity contribution in [1.82, 2.24) is 0 Å². The smallest absolute Gasteiger partial charge is 0.378 e. The summed E-state index contributed by atoms with van der Waals surface area (Å²) in [5.41, 5.74) is 0.917. The van der Waals surface area contributed by atoms with Gasteiger partial charge in [0.1, 0.15) is 5.58 Å². The van der Waals surface area contributed by atoms with Crippen molar-refractivity contribution in [3.8, 4) is 5.75 Å². The van der Waals surface area contributed by atoms with Crippen LogP contribution in [0, 0.1) is 0 Å². The van der Waals surface area contributed by atoms with E-state index in [0.717, 1.165) is 23.8 Å². The molecule has 0 saturated heterocycles. The first-order valence-corrected chi connectivity index (χ1v) is 4.97. The van der Waals surface area contributed by atoms with Gasteiger partial charge in [-0.05, 0) is 18.1 Å². The fourth-order valence-electron chi connectivity index (χ4n) is 1.66. The Balaban J connectivity index is 2.74. The minimum absolute atomic E-state index is 0.337. The van der Waals surface area contributed by atoms with Gasteiger partial charge in [0.15, 0.2) is 0 Å². The van der Waals surface area contributed by atoms with E-state index >= 15 is 0 Å². The van der Waals surface area contributed by atoms with Crippen molar-refractivity contribution in [1.29, 1.82) is 0 Å². The lowest BCUT2D eigenvalue weighted by Gasteiger charge is -2.03. The summed E-state index contributed by atoms with van der Waals surface area (Å²) in [5.74, 6) is -0.337. The van der Waals surface area contributed by atoms with Crippen molar-refractivity contribution in [2.75, 3.05) is 0 Å². The second-order valence-corrected chi connectivity index (χ2v) is 3.50. The van der Waals surface area contributed by atoms with Crippen molar-refractivity contribution in [2.45, 2.75) is 19.8 Å². The standard InChI is InChI=1S/C12H12O3/c1-2-4-8-5-3-6-9-7-10(13)12(14)15-11(8)9/h3,5-7,13H,2,4H2,1H3. The van der Waals surface area contributed by atoms with Crippen LogP contribution >= 0.6 is 0 Å². The monoisotopic (exact) mass is 204 g/mol. The quantitative estimate of drug-likeness (QED) is 0.764. The van der Waals surface area contributed by atoms with Crippen molar-refractivity contribution in [2.24, 2.45) is 0 Å². The number of hydrogen-bond donors (Lipinski definition) is 1. The number of benzene rings is 1. The van der Waals surface area contributed by atoms with Gasteiger partial charge in [-0.2, -0.15) is 0 Å². The normalized spacial score (nSPS) is 10.7. The molecule has 78 valence electrons. The summed E-state index contributed by atoms with van der Waals surface area (Å²) in [4.78, 5) is 11.2. The summed E-state index contributed by atoms with van der Waals surface area (Å²) < 4.78 is 5.07. The summed E-state index contributed by atoms with van der Waals surface area (Å²) in [6.45, 7) is 2.07. The summed E-state index contributed by atoms with van der Waals surface area (Å²) in [5, 5.41) is 9.99. The van der Waals surface area contributed by atoms with E-state index in [-0.39, 0.29) is 5.75 Å². The molecule has 0 aliphatic rings. The molecule has 1 aromatic carbocycles. The van der Waals surface area contributed by atoms with Gasteiger partial charge in [0.2, 0.25) is 5.75 Å². The number of aromatic hydroxyl groups is 1. The molecule has 1 heterocycles. The molecule has 0 bridgehead atoms.